The summed E-state index contributed by atoms with van der Waals surface area (Å²) in [6.45, 7) is 3.85. The van der Waals surface area contributed by atoms with Gasteiger partial charge in [-0.2, -0.15) is 0 Å². The Morgan fingerprint density at radius 1 is 1.42 bits per heavy atom. The number of nitrogens with zero attached hydrogens (tertiary/aromatic N) is 1. The number of rotatable bonds is 7. The molecule has 1 aliphatic carbocycles. The van der Waals surface area contributed by atoms with Crippen molar-refractivity contribution in [1.82, 2.24) is 4.90 Å². The Hall–Kier alpha value is -0.120. The van der Waals surface area contributed by atoms with E-state index in [1.165, 1.54) is 12.8 Å². The summed E-state index contributed by atoms with van der Waals surface area (Å²) in [6.07, 6.45) is 3.87. The summed E-state index contributed by atoms with van der Waals surface area (Å²) in [5, 5.41) is 0. The van der Waals surface area contributed by atoms with Crippen LogP contribution >= 0.6 is 0 Å². The number of hydrogen-bond acceptors (Lipinski definition) is 3. The van der Waals surface area contributed by atoms with Crippen LogP contribution in [0.2, 0.25) is 0 Å². The predicted octanol–water partition coefficient (Wildman–Crippen LogP) is 0.446. The van der Waals surface area contributed by atoms with Crippen LogP contribution in [0.5, 0.6) is 0 Å². The molecule has 0 bridgehead atoms. The molecule has 1 rings (SSSR count). The van der Waals surface area contributed by atoms with Crippen LogP contribution in [-0.2, 0) is 4.74 Å². The van der Waals surface area contributed by atoms with E-state index >= 15 is 0 Å². The smallest absolute Gasteiger partial charge is 0.0474 e. The highest BCUT2D eigenvalue weighted by molar-refractivity contribution is 4.84. The van der Waals surface area contributed by atoms with Gasteiger partial charge in [0.1, 0.15) is 0 Å². The van der Waals surface area contributed by atoms with Crippen LogP contribution in [0.3, 0.4) is 0 Å². The Morgan fingerprint density at radius 3 is 2.67 bits per heavy atom. The molecule has 0 aromatic rings. The molecular weight excluding hydrogens is 152 g/mol. The molecule has 3 nitrogen and oxygen atoms in total. The summed E-state index contributed by atoms with van der Waals surface area (Å²) >= 11 is 0. The normalized spacial score (nSPS) is 17.2. The molecule has 0 aromatic heterocycles. The second-order valence-corrected chi connectivity index (χ2v) is 3.40. The predicted molar refractivity (Wildman–Crippen MR) is 50.1 cm³/mol. The van der Waals surface area contributed by atoms with E-state index in [1.54, 1.807) is 7.11 Å². The second kappa shape index (κ2) is 5.51. The fraction of sp³-hybridized carbons (Fsp3) is 1.00. The van der Waals surface area contributed by atoms with E-state index in [0.717, 1.165) is 38.7 Å². The van der Waals surface area contributed by atoms with Crippen molar-refractivity contribution in [2.24, 2.45) is 5.73 Å². The van der Waals surface area contributed by atoms with E-state index in [4.69, 9.17) is 10.5 Å². The second-order valence-electron chi connectivity index (χ2n) is 3.40. The molecule has 0 aromatic carbocycles. The third-order valence-electron chi connectivity index (χ3n) is 2.27. The Bertz CT molecular complexity index is 115. The molecule has 0 aliphatic heterocycles. The molecule has 1 aliphatic rings. The maximum absolute atomic E-state index is 5.53. The zero-order valence-electron chi connectivity index (χ0n) is 7.96. The monoisotopic (exact) mass is 172 g/mol. The topological polar surface area (TPSA) is 38.5 Å². The first-order chi connectivity index (χ1) is 5.88. The van der Waals surface area contributed by atoms with Crippen LogP contribution < -0.4 is 5.73 Å². The molecule has 1 saturated carbocycles. The average molecular weight is 172 g/mol. The van der Waals surface area contributed by atoms with Gasteiger partial charge in [-0.25, -0.2) is 0 Å². The van der Waals surface area contributed by atoms with Gasteiger partial charge in [0.15, 0.2) is 0 Å². The molecule has 0 atom stereocenters. The lowest BCUT2D eigenvalue weighted by Crippen LogP contribution is -2.32. The van der Waals surface area contributed by atoms with E-state index in [-0.39, 0.29) is 0 Å². The van der Waals surface area contributed by atoms with Crippen LogP contribution in [-0.4, -0.2) is 44.3 Å². The van der Waals surface area contributed by atoms with Gasteiger partial charge in [-0.05, 0) is 19.3 Å². The van der Waals surface area contributed by atoms with Crippen LogP contribution in [0.4, 0.5) is 0 Å². The maximum atomic E-state index is 5.53. The van der Waals surface area contributed by atoms with Crippen molar-refractivity contribution in [3.8, 4) is 0 Å². The van der Waals surface area contributed by atoms with Gasteiger partial charge in [-0.15, -0.1) is 0 Å². The largest absolute Gasteiger partial charge is 0.385 e. The maximum Gasteiger partial charge on any atom is 0.0474 e. The molecule has 0 unspecified atom stereocenters. The van der Waals surface area contributed by atoms with Gasteiger partial charge in [0.05, 0.1) is 0 Å². The lowest BCUT2D eigenvalue weighted by atomic mass is 10.3. The van der Waals surface area contributed by atoms with Crippen molar-refractivity contribution >= 4 is 0 Å². The van der Waals surface area contributed by atoms with Crippen molar-refractivity contribution in [3.63, 3.8) is 0 Å². The molecule has 1 fully saturated rings. The van der Waals surface area contributed by atoms with E-state index in [9.17, 15) is 0 Å². The van der Waals surface area contributed by atoms with Gasteiger partial charge >= 0.3 is 0 Å². The van der Waals surface area contributed by atoms with Gasteiger partial charge < -0.3 is 10.5 Å². The summed E-state index contributed by atoms with van der Waals surface area (Å²) in [6, 6.07) is 0.838. The Morgan fingerprint density at radius 2 is 2.17 bits per heavy atom. The highest BCUT2D eigenvalue weighted by Crippen LogP contribution is 2.26. The highest BCUT2D eigenvalue weighted by atomic mass is 16.5. The van der Waals surface area contributed by atoms with Gasteiger partial charge in [0.2, 0.25) is 0 Å². The van der Waals surface area contributed by atoms with Crippen LogP contribution in [0.25, 0.3) is 0 Å². The minimum Gasteiger partial charge on any atom is -0.385 e. The van der Waals surface area contributed by atoms with E-state index < -0.39 is 0 Å². The van der Waals surface area contributed by atoms with Crippen molar-refractivity contribution < 1.29 is 4.74 Å². The van der Waals surface area contributed by atoms with Gasteiger partial charge in [0.25, 0.3) is 0 Å². The molecule has 0 spiro atoms. The minimum atomic E-state index is 0.781. The quantitative estimate of drug-likeness (QED) is 0.567. The molecule has 0 radical (unpaired) electrons. The molecule has 0 heterocycles. The molecule has 2 N–H and O–H groups in total. The molecule has 3 heteroatoms. The van der Waals surface area contributed by atoms with E-state index in [2.05, 4.69) is 4.90 Å². The third-order valence-corrected chi connectivity index (χ3v) is 2.27. The highest BCUT2D eigenvalue weighted by Gasteiger charge is 2.27. The molecular formula is C9H20N2O. The van der Waals surface area contributed by atoms with Crippen LogP contribution in [0.15, 0.2) is 0 Å². The van der Waals surface area contributed by atoms with E-state index in [0.29, 0.717) is 0 Å². The Labute approximate surface area is 74.9 Å². The fourth-order valence-electron chi connectivity index (χ4n) is 1.49. The molecule has 12 heavy (non-hydrogen) atoms. The zero-order valence-corrected chi connectivity index (χ0v) is 7.96. The number of ether oxygens (including phenoxy) is 1. The SMILES string of the molecule is COCCCN(CCN)C1CC1. The fourth-order valence-corrected chi connectivity index (χ4v) is 1.49. The number of hydrogen-bond donors (Lipinski definition) is 1. The summed E-state index contributed by atoms with van der Waals surface area (Å²) < 4.78 is 5.01. The number of methoxy groups -OCH3 is 1. The molecule has 72 valence electrons. The van der Waals surface area contributed by atoms with E-state index in [1.807, 2.05) is 0 Å². The third kappa shape index (κ3) is 3.52. The summed E-state index contributed by atoms with van der Waals surface area (Å²) in [4.78, 5) is 2.49. The van der Waals surface area contributed by atoms with Gasteiger partial charge in [-0.3, -0.25) is 4.90 Å². The summed E-state index contributed by atoms with van der Waals surface area (Å²) in [5.41, 5.74) is 5.53. The Kier molecular flexibility index (Phi) is 4.58. The van der Waals surface area contributed by atoms with Gasteiger partial charge in [0, 0.05) is 39.4 Å². The first-order valence-corrected chi connectivity index (χ1v) is 4.81. The number of nitrogens with two attached hydrogens (primary N) is 1. The van der Waals surface area contributed by atoms with Crippen molar-refractivity contribution in [3.05, 3.63) is 0 Å². The lowest BCUT2D eigenvalue weighted by molar-refractivity contribution is 0.170. The summed E-state index contributed by atoms with van der Waals surface area (Å²) in [5.74, 6) is 0. The molecule has 0 amide bonds. The Balaban J connectivity index is 2.05. The average Bonchev–Trinajstić information content (AvgIpc) is 2.86. The molecule has 0 saturated heterocycles. The van der Waals surface area contributed by atoms with Gasteiger partial charge in [-0.1, -0.05) is 0 Å². The van der Waals surface area contributed by atoms with Crippen molar-refractivity contribution in [2.75, 3.05) is 33.4 Å². The van der Waals surface area contributed by atoms with Crippen molar-refractivity contribution in [2.45, 2.75) is 25.3 Å². The van der Waals surface area contributed by atoms with Crippen LogP contribution in [0, 0.1) is 0 Å². The standard InChI is InChI=1S/C9H20N2O/c1-12-8-2-6-11(7-5-10)9-3-4-9/h9H,2-8,10H2,1H3. The van der Waals surface area contributed by atoms with Crippen LogP contribution in [0.1, 0.15) is 19.3 Å². The minimum absolute atomic E-state index is 0.781. The lowest BCUT2D eigenvalue weighted by Gasteiger charge is -2.20. The zero-order chi connectivity index (χ0) is 8.81. The first-order valence-electron chi connectivity index (χ1n) is 4.81. The first kappa shape index (κ1) is 9.96. The van der Waals surface area contributed by atoms with Crippen molar-refractivity contribution in [1.29, 1.82) is 0 Å². The summed E-state index contributed by atoms with van der Waals surface area (Å²) in [7, 11) is 1.75.